The van der Waals surface area contributed by atoms with Crippen molar-refractivity contribution in [3.63, 3.8) is 0 Å². The Kier molecular flexibility index (Phi) is 8.85. The average Bonchev–Trinajstić information content (AvgIpc) is 3.35. The maximum Gasteiger partial charge on any atom is 0.264 e. The number of methoxy groups -OCH3 is 2. The largest absolute Gasteiger partial charge is 0.497 e. The summed E-state index contributed by atoms with van der Waals surface area (Å²) in [6.07, 6.45) is 0.810. The van der Waals surface area contributed by atoms with E-state index in [0.717, 1.165) is 35.8 Å². The van der Waals surface area contributed by atoms with Crippen molar-refractivity contribution in [1.82, 2.24) is 20.0 Å². The van der Waals surface area contributed by atoms with Crippen molar-refractivity contribution in [2.24, 2.45) is 0 Å². The Bertz CT molecular complexity index is 1120. The van der Waals surface area contributed by atoms with E-state index in [1.165, 1.54) is 11.3 Å². The van der Waals surface area contributed by atoms with Crippen molar-refractivity contribution in [2.45, 2.75) is 6.42 Å². The van der Waals surface area contributed by atoms with Gasteiger partial charge in [0, 0.05) is 45.4 Å². The average molecular weight is 510 g/mol. The summed E-state index contributed by atoms with van der Waals surface area (Å²) in [5, 5.41) is 10.7. The van der Waals surface area contributed by atoms with Crippen molar-refractivity contribution < 1.29 is 19.1 Å². The number of benzene rings is 1. The molecule has 190 valence electrons. The third kappa shape index (κ3) is 6.38. The van der Waals surface area contributed by atoms with Gasteiger partial charge in [-0.3, -0.25) is 9.59 Å². The molecule has 9 nitrogen and oxygen atoms in total. The Hall–Kier alpha value is -3.50. The minimum atomic E-state index is -0.140. The van der Waals surface area contributed by atoms with Crippen LogP contribution in [0, 0.1) is 0 Å². The van der Waals surface area contributed by atoms with Crippen molar-refractivity contribution in [3.8, 4) is 17.0 Å². The lowest BCUT2D eigenvalue weighted by Gasteiger charge is -2.26. The highest BCUT2D eigenvalue weighted by molar-refractivity contribution is 7.12. The van der Waals surface area contributed by atoms with E-state index in [1.807, 2.05) is 52.7 Å². The summed E-state index contributed by atoms with van der Waals surface area (Å²) in [6, 6.07) is 15.3. The van der Waals surface area contributed by atoms with Crippen LogP contribution in [0.1, 0.15) is 16.1 Å². The van der Waals surface area contributed by atoms with E-state index < -0.39 is 0 Å². The zero-order valence-electron chi connectivity index (χ0n) is 20.6. The van der Waals surface area contributed by atoms with Gasteiger partial charge in [0.15, 0.2) is 5.82 Å². The monoisotopic (exact) mass is 509 g/mol. The maximum atomic E-state index is 13.1. The molecule has 1 aliphatic heterocycles. The zero-order valence-corrected chi connectivity index (χ0v) is 21.4. The molecule has 3 heterocycles. The molecule has 2 amide bonds. The summed E-state index contributed by atoms with van der Waals surface area (Å²) in [7, 11) is 3.23. The third-order valence-corrected chi connectivity index (χ3v) is 6.98. The molecule has 1 saturated heterocycles. The van der Waals surface area contributed by atoms with Gasteiger partial charge < -0.3 is 24.2 Å². The van der Waals surface area contributed by atoms with Crippen molar-refractivity contribution >= 4 is 29.0 Å². The second kappa shape index (κ2) is 12.5. The molecule has 4 rings (SSSR count). The van der Waals surface area contributed by atoms with E-state index in [2.05, 4.69) is 15.1 Å². The lowest BCUT2D eigenvalue weighted by molar-refractivity contribution is -0.131. The Morgan fingerprint density at radius 3 is 2.50 bits per heavy atom. The van der Waals surface area contributed by atoms with Gasteiger partial charge in [0.1, 0.15) is 12.3 Å². The van der Waals surface area contributed by atoms with Gasteiger partial charge in [-0.1, -0.05) is 6.07 Å². The van der Waals surface area contributed by atoms with Crippen LogP contribution in [0.15, 0.2) is 53.9 Å². The Balaban J connectivity index is 1.35. The number of hydrogen-bond acceptors (Lipinski definition) is 8. The second-order valence-electron chi connectivity index (χ2n) is 8.42. The third-order valence-electron chi connectivity index (χ3n) is 6.12. The molecule has 0 atom stereocenters. The lowest BCUT2D eigenvalue weighted by Crippen LogP contribution is -2.45. The maximum absolute atomic E-state index is 13.1. The number of nitrogens with zero attached hydrogens (tertiary/aromatic N) is 5. The molecule has 2 aromatic heterocycles. The van der Waals surface area contributed by atoms with E-state index in [9.17, 15) is 9.59 Å². The van der Waals surface area contributed by atoms with Gasteiger partial charge in [0.25, 0.3) is 5.91 Å². The quantitative estimate of drug-likeness (QED) is 0.438. The highest BCUT2D eigenvalue weighted by atomic mass is 32.1. The first-order valence-electron chi connectivity index (χ1n) is 11.9. The summed E-state index contributed by atoms with van der Waals surface area (Å²) in [5.74, 6) is 1.39. The van der Waals surface area contributed by atoms with Gasteiger partial charge in [-0.25, -0.2) is 0 Å². The number of amides is 2. The zero-order chi connectivity index (χ0) is 25.3. The molecule has 1 aromatic carbocycles. The first kappa shape index (κ1) is 25.6. The Morgan fingerprint density at radius 2 is 1.83 bits per heavy atom. The van der Waals surface area contributed by atoms with Crippen LogP contribution in [0.5, 0.6) is 5.75 Å². The fourth-order valence-electron chi connectivity index (χ4n) is 4.08. The summed E-state index contributed by atoms with van der Waals surface area (Å²) >= 11 is 1.38. The second-order valence-corrected chi connectivity index (χ2v) is 9.37. The van der Waals surface area contributed by atoms with Crippen LogP contribution in [0.3, 0.4) is 0 Å². The predicted molar refractivity (Wildman–Crippen MR) is 140 cm³/mol. The minimum absolute atomic E-state index is 0.0382. The SMILES string of the molecule is COCCN(CC(=O)N1CCCN(c2ccc(-c3ccc(OC)cc3)nn2)CC1)C(=O)c1cccs1. The molecule has 0 bridgehead atoms. The van der Waals surface area contributed by atoms with Gasteiger partial charge >= 0.3 is 0 Å². The summed E-state index contributed by atoms with van der Waals surface area (Å²) < 4.78 is 10.4. The fourth-order valence-corrected chi connectivity index (χ4v) is 4.77. The van der Waals surface area contributed by atoms with Crippen LogP contribution >= 0.6 is 11.3 Å². The molecule has 3 aromatic rings. The first-order chi connectivity index (χ1) is 17.6. The number of carbonyl (C=O) groups excluding carboxylic acids is 2. The molecular weight excluding hydrogens is 478 g/mol. The molecule has 10 heteroatoms. The number of carbonyl (C=O) groups is 2. The molecule has 0 spiro atoms. The van der Waals surface area contributed by atoms with Crippen LogP contribution in [-0.4, -0.2) is 91.9 Å². The van der Waals surface area contributed by atoms with Crippen LogP contribution in [0.2, 0.25) is 0 Å². The van der Waals surface area contributed by atoms with Crippen LogP contribution < -0.4 is 9.64 Å². The summed E-state index contributed by atoms with van der Waals surface area (Å²) in [4.78, 5) is 32.2. The van der Waals surface area contributed by atoms with Crippen LogP contribution in [0.25, 0.3) is 11.3 Å². The number of rotatable bonds is 9. The van der Waals surface area contributed by atoms with Gasteiger partial charge in [-0.05, 0) is 54.3 Å². The highest BCUT2D eigenvalue weighted by Gasteiger charge is 2.25. The predicted octanol–water partition coefficient (Wildman–Crippen LogP) is 3.04. The Labute approximate surface area is 215 Å². The molecule has 0 aliphatic carbocycles. The van der Waals surface area contributed by atoms with E-state index in [1.54, 1.807) is 25.2 Å². The molecule has 1 aliphatic rings. The Morgan fingerprint density at radius 1 is 1.00 bits per heavy atom. The highest BCUT2D eigenvalue weighted by Crippen LogP contribution is 2.22. The van der Waals surface area contributed by atoms with Crippen molar-refractivity contribution in [3.05, 3.63) is 58.8 Å². The van der Waals surface area contributed by atoms with E-state index in [-0.39, 0.29) is 18.4 Å². The van der Waals surface area contributed by atoms with Crippen LogP contribution in [0.4, 0.5) is 5.82 Å². The fraction of sp³-hybridized carbons (Fsp3) is 0.385. The summed E-state index contributed by atoms with van der Waals surface area (Å²) in [5.41, 5.74) is 1.76. The van der Waals surface area contributed by atoms with Crippen molar-refractivity contribution in [2.75, 3.05) is 65.0 Å². The molecule has 0 saturated carbocycles. The summed E-state index contributed by atoms with van der Waals surface area (Å²) in [6.45, 7) is 3.42. The number of aromatic nitrogens is 2. The normalized spacial score (nSPS) is 13.8. The van der Waals surface area contributed by atoms with Gasteiger partial charge in [0.2, 0.25) is 5.91 Å². The number of ether oxygens (including phenoxy) is 2. The molecular formula is C26H31N5O4S. The van der Waals surface area contributed by atoms with E-state index in [4.69, 9.17) is 9.47 Å². The van der Waals surface area contributed by atoms with Gasteiger partial charge in [-0.2, -0.15) is 0 Å². The number of thiophene rings is 1. The van der Waals surface area contributed by atoms with Gasteiger partial charge in [-0.15, -0.1) is 21.5 Å². The first-order valence-corrected chi connectivity index (χ1v) is 12.8. The minimum Gasteiger partial charge on any atom is -0.497 e. The number of anilines is 1. The van der Waals surface area contributed by atoms with Crippen LogP contribution in [-0.2, 0) is 9.53 Å². The van der Waals surface area contributed by atoms with E-state index in [0.29, 0.717) is 37.7 Å². The van der Waals surface area contributed by atoms with Gasteiger partial charge in [0.05, 0.1) is 24.3 Å². The molecule has 0 radical (unpaired) electrons. The van der Waals surface area contributed by atoms with E-state index >= 15 is 0 Å². The van der Waals surface area contributed by atoms with Crippen molar-refractivity contribution in [1.29, 1.82) is 0 Å². The molecule has 0 N–H and O–H groups in total. The molecule has 1 fully saturated rings. The smallest absolute Gasteiger partial charge is 0.264 e. The topological polar surface area (TPSA) is 88.1 Å². The number of hydrogen-bond donors (Lipinski definition) is 0. The molecule has 36 heavy (non-hydrogen) atoms. The molecule has 0 unspecified atom stereocenters. The standard InChI is InChI=1S/C26H31N5O4S/c1-34-17-16-31(26(33)23-5-3-18-36-23)19-25(32)30-13-4-12-29(14-15-30)24-11-10-22(27-28-24)20-6-8-21(35-2)9-7-20/h3,5-11,18H,4,12-17,19H2,1-2H3. The lowest BCUT2D eigenvalue weighted by atomic mass is 10.1.